The minimum atomic E-state index is -4.74. The number of nitrogens with zero attached hydrogens (tertiary/aromatic N) is 4. The SMILES string of the molecule is O=C(c1ccc(OC(F)(F)F)cc1)N1CCN(CCn2ccnc2)CC1. The maximum absolute atomic E-state index is 12.5. The van der Waals surface area contributed by atoms with Crippen LogP contribution >= 0.6 is 0 Å². The molecule has 1 aromatic heterocycles. The summed E-state index contributed by atoms with van der Waals surface area (Å²) < 4.78 is 42.3. The summed E-state index contributed by atoms with van der Waals surface area (Å²) in [5, 5.41) is 0. The van der Waals surface area contributed by atoms with Gasteiger partial charge in [0.25, 0.3) is 5.91 Å². The minimum absolute atomic E-state index is 0.183. The quantitative estimate of drug-likeness (QED) is 0.812. The molecule has 0 spiro atoms. The molecule has 9 heteroatoms. The summed E-state index contributed by atoms with van der Waals surface area (Å²) in [7, 11) is 0. The summed E-state index contributed by atoms with van der Waals surface area (Å²) in [4.78, 5) is 20.5. The van der Waals surface area contributed by atoms with Crippen molar-refractivity contribution in [1.29, 1.82) is 0 Å². The Morgan fingerprint density at radius 3 is 2.35 bits per heavy atom. The van der Waals surface area contributed by atoms with Gasteiger partial charge in [-0.25, -0.2) is 4.98 Å². The number of amides is 1. The molecule has 1 aromatic carbocycles. The maximum atomic E-state index is 12.5. The van der Waals surface area contributed by atoms with Gasteiger partial charge in [-0.1, -0.05) is 0 Å². The first-order chi connectivity index (χ1) is 12.4. The fourth-order valence-electron chi connectivity index (χ4n) is 2.83. The lowest BCUT2D eigenvalue weighted by Gasteiger charge is -2.34. The van der Waals surface area contributed by atoms with Crippen molar-refractivity contribution in [1.82, 2.24) is 19.4 Å². The van der Waals surface area contributed by atoms with Crippen molar-refractivity contribution >= 4 is 5.91 Å². The second-order valence-corrected chi connectivity index (χ2v) is 6.01. The van der Waals surface area contributed by atoms with Crippen molar-refractivity contribution in [2.24, 2.45) is 0 Å². The predicted octanol–water partition coefficient (Wildman–Crippen LogP) is 2.24. The van der Waals surface area contributed by atoms with Crippen LogP contribution in [-0.2, 0) is 6.54 Å². The molecule has 26 heavy (non-hydrogen) atoms. The molecular weight excluding hydrogens is 349 g/mol. The summed E-state index contributed by atoms with van der Waals surface area (Å²) in [5.74, 6) is -0.517. The Morgan fingerprint density at radius 1 is 1.08 bits per heavy atom. The van der Waals surface area contributed by atoms with Crippen LogP contribution in [0, 0.1) is 0 Å². The van der Waals surface area contributed by atoms with E-state index in [-0.39, 0.29) is 11.7 Å². The van der Waals surface area contributed by atoms with Gasteiger partial charge in [0.2, 0.25) is 0 Å². The number of alkyl halides is 3. The molecule has 0 unspecified atom stereocenters. The Kier molecular flexibility index (Phi) is 5.46. The third-order valence-electron chi connectivity index (χ3n) is 4.23. The molecule has 140 valence electrons. The highest BCUT2D eigenvalue weighted by Crippen LogP contribution is 2.23. The van der Waals surface area contributed by atoms with Gasteiger partial charge in [0.1, 0.15) is 5.75 Å². The summed E-state index contributed by atoms with van der Waals surface area (Å²) in [5.41, 5.74) is 0.353. The van der Waals surface area contributed by atoms with Crippen LogP contribution in [-0.4, -0.2) is 64.3 Å². The first-order valence-corrected chi connectivity index (χ1v) is 8.24. The van der Waals surface area contributed by atoms with Gasteiger partial charge in [-0.3, -0.25) is 9.69 Å². The van der Waals surface area contributed by atoms with E-state index in [1.54, 1.807) is 17.4 Å². The monoisotopic (exact) mass is 368 g/mol. The van der Waals surface area contributed by atoms with Gasteiger partial charge >= 0.3 is 6.36 Å². The second kappa shape index (κ2) is 7.77. The van der Waals surface area contributed by atoms with E-state index in [0.29, 0.717) is 18.7 Å². The predicted molar refractivity (Wildman–Crippen MR) is 87.7 cm³/mol. The molecule has 6 nitrogen and oxygen atoms in total. The third-order valence-corrected chi connectivity index (χ3v) is 4.23. The molecule has 1 saturated heterocycles. The number of carbonyl (C=O) groups excluding carboxylic acids is 1. The van der Waals surface area contributed by atoms with Crippen molar-refractivity contribution in [3.8, 4) is 5.75 Å². The van der Waals surface area contributed by atoms with E-state index in [2.05, 4.69) is 14.6 Å². The molecular formula is C17H19F3N4O2. The van der Waals surface area contributed by atoms with Gasteiger partial charge in [-0.2, -0.15) is 0 Å². The number of hydrogen-bond donors (Lipinski definition) is 0. The van der Waals surface area contributed by atoms with Gasteiger partial charge in [0.15, 0.2) is 0 Å². The van der Waals surface area contributed by atoms with E-state index in [0.717, 1.165) is 38.3 Å². The van der Waals surface area contributed by atoms with Crippen LogP contribution in [0.1, 0.15) is 10.4 Å². The van der Waals surface area contributed by atoms with E-state index < -0.39 is 6.36 Å². The number of ether oxygens (including phenoxy) is 1. The van der Waals surface area contributed by atoms with Crippen LogP contribution in [0.25, 0.3) is 0 Å². The molecule has 0 atom stereocenters. The van der Waals surface area contributed by atoms with Crippen molar-refractivity contribution in [3.05, 3.63) is 48.5 Å². The summed E-state index contributed by atoms with van der Waals surface area (Å²) >= 11 is 0. The molecule has 0 radical (unpaired) electrons. The van der Waals surface area contributed by atoms with E-state index in [1.165, 1.54) is 12.1 Å². The molecule has 0 saturated carbocycles. The molecule has 2 aromatic rings. The van der Waals surface area contributed by atoms with E-state index >= 15 is 0 Å². The highest BCUT2D eigenvalue weighted by Gasteiger charge is 2.31. The number of carbonyl (C=O) groups is 1. The molecule has 0 bridgehead atoms. The van der Waals surface area contributed by atoms with Crippen LogP contribution in [0.3, 0.4) is 0 Å². The highest BCUT2D eigenvalue weighted by molar-refractivity contribution is 5.94. The lowest BCUT2D eigenvalue weighted by Crippen LogP contribution is -2.49. The van der Waals surface area contributed by atoms with Crippen LogP contribution < -0.4 is 4.74 Å². The third kappa shape index (κ3) is 4.98. The van der Waals surface area contributed by atoms with Crippen molar-refractivity contribution < 1.29 is 22.7 Å². The standard InChI is InChI=1S/C17H19F3N4O2/c18-17(19,20)26-15-3-1-14(2-4-15)16(25)24-11-9-22(10-12-24)7-8-23-6-5-21-13-23/h1-6,13H,7-12H2. The molecule has 1 fully saturated rings. The topological polar surface area (TPSA) is 50.6 Å². The molecule has 1 amide bonds. The van der Waals surface area contributed by atoms with E-state index in [4.69, 9.17) is 0 Å². The lowest BCUT2D eigenvalue weighted by atomic mass is 10.1. The van der Waals surface area contributed by atoms with Crippen molar-refractivity contribution in [2.75, 3.05) is 32.7 Å². The van der Waals surface area contributed by atoms with Crippen molar-refractivity contribution in [2.45, 2.75) is 12.9 Å². The molecule has 0 aliphatic carbocycles. The van der Waals surface area contributed by atoms with Crippen LogP contribution in [0.2, 0.25) is 0 Å². The van der Waals surface area contributed by atoms with Gasteiger partial charge in [-0.05, 0) is 24.3 Å². The fourth-order valence-corrected chi connectivity index (χ4v) is 2.83. The first-order valence-electron chi connectivity index (χ1n) is 8.24. The van der Waals surface area contributed by atoms with Crippen LogP contribution in [0.4, 0.5) is 13.2 Å². The number of benzene rings is 1. The number of rotatable bonds is 5. The van der Waals surface area contributed by atoms with Crippen LogP contribution in [0.5, 0.6) is 5.75 Å². The Bertz CT molecular complexity index is 709. The average Bonchev–Trinajstić information content (AvgIpc) is 3.13. The number of imidazole rings is 1. The van der Waals surface area contributed by atoms with Gasteiger partial charge < -0.3 is 14.2 Å². The number of halogens is 3. The van der Waals surface area contributed by atoms with Gasteiger partial charge in [-0.15, -0.1) is 13.2 Å². The van der Waals surface area contributed by atoms with Crippen molar-refractivity contribution in [3.63, 3.8) is 0 Å². The highest BCUT2D eigenvalue weighted by atomic mass is 19.4. The Labute approximate surface area is 148 Å². The zero-order valence-corrected chi connectivity index (χ0v) is 14.0. The molecule has 1 aliphatic heterocycles. The molecule has 0 N–H and O–H groups in total. The van der Waals surface area contributed by atoms with E-state index in [1.807, 2.05) is 10.8 Å². The Hall–Kier alpha value is -2.55. The Morgan fingerprint density at radius 2 is 1.77 bits per heavy atom. The number of aromatic nitrogens is 2. The normalized spacial score (nSPS) is 15.9. The fraction of sp³-hybridized carbons (Fsp3) is 0.412. The summed E-state index contributed by atoms with van der Waals surface area (Å²) in [6, 6.07) is 5.02. The molecule has 1 aliphatic rings. The zero-order chi connectivity index (χ0) is 18.6. The van der Waals surface area contributed by atoms with Crippen LogP contribution in [0.15, 0.2) is 43.0 Å². The summed E-state index contributed by atoms with van der Waals surface area (Å²) in [6.07, 6.45) is 0.679. The zero-order valence-electron chi connectivity index (χ0n) is 14.0. The minimum Gasteiger partial charge on any atom is -0.406 e. The molecule has 2 heterocycles. The second-order valence-electron chi connectivity index (χ2n) is 6.01. The number of piperazine rings is 1. The van der Waals surface area contributed by atoms with Gasteiger partial charge in [0.05, 0.1) is 6.33 Å². The largest absolute Gasteiger partial charge is 0.573 e. The summed E-state index contributed by atoms with van der Waals surface area (Å²) in [6.45, 7) is 4.41. The maximum Gasteiger partial charge on any atom is 0.573 e. The first kappa shape index (κ1) is 18.2. The Balaban J connectivity index is 1.48. The number of hydrogen-bond acceptors (Lipinski definition) is 4. The average molecular weight is 368 g/mol. The smallest absolute Gasteiger partial charge is 0.406 e. The lowest BCUT2D eigenvalue weighted by molar-refractivity contribution is -0.274. The van der Waals surface area contributed by atoms with Gasteiger partial charge in [0, 0.05) is 57.2 Å². The van der Waals surface area contributed by atoms with E-state index in [9.17, 15) is 18.0 Å². The molecule has 3 rings (SSSR count).